The van der Waals surface area contributed by atoms with Gasteiger partial charge in [-0.15, -0.1) is 35.3 Å². The number of aryl methyl sites for hydroxylation is 1. The van der Waals surface area contributed by atoms with Crippen molar-refractivity contribution in [1.29, 1.82) is 0 Å². The van der Waals surface area contributed by atoms with E-state index in [2.05, 4.69) is 73.5 Å². The highest BCUT2D eigenvalue weighted by Crippen LogP contribution is 2.22. The number of rotatable bonds is 4. The number of pyridine rings is 1. The van der Waals surface area contributed by atoms with Crippen molar-refractivity contribution >= 4 is 51.9 Å². The van der Waals surface area contributed by atoms with E-state index in [-0.39, 0.29) is 24.0 Å². The van der Waals surface area contributed by atoms with E-state index in [0.29, 0.717) is 0 Å². The second-order valence-electron chi connectivity index (χ2n) is 6.80. The molecule has 8 heteroatoms. The molecule has 0 saturated carbocycles. The van der Waals surface area contributed by atoms with E-state index in [1.807, 2.05) is 18.4 Å². The minimum Gasteiger partial charge on any atom is -0.360 e. The van der Waals surface area contributed by atoms with Gasteiger partial charge in [-0.05, 0) is 36.1 Å². The quantitative estimate of drug-likeness (QED) is 0.333. The number of nitrogens with one attached hydrogen (secondary N) is 1. The van der Waals surface area contributed by atoms with Gasteiger partial charge in [-0.1, -0.05) is 6.07 Å². The Kier molecular flexibility index (Phi) is 7.17. The molecule has 1 fully saturated rings. The molecule has 3 aromatic heterocycles. The molecule has 0 unspecified atom stereocenters. The second-order valence-corrected chi connectivity index (χ2v) is 7.73. The van der Waals surface area contributed by atoms with Crippen molar-refractivity contribution in [2.45, 2.75) is 13.3 Å². The molecule has 0 aromatic carbocycles. The topological polar surface area (TPSA) is 48.2 Å². The van der Waals surface area contributed by atoms with Crippen LogP contribution in [-0.2, 0) is 6.42 Å². The van der Waals surface area contributed by atoms with E-state index >= 15 is 0 Å². The largest absolute Gasteiger partial charge is 0.360 e. The van der Waals surface area contributed by atoms with Crippen LogP contribution in [0.3, 0.4) is 0 Å². The molecule has 4 heterocycles. The summed E-state index contributed by atoms with van der Waals surface area (Å²) in [6.07, 6.45) is 5.06. The van der Waals surface area contributed by atoms with Crippen LogP contribution in [0.1, 0.15) is 11.3 Å². The Bertz CT molecular complexity index is 912. The summed E-state index contributed by atoms with van der Waals surface area (Å²) in [7, 11) is 1.86. The molecule has 1 saturated heterocycles. The molecule has 0 spiro atoms. The van der Waals surface area contributed by atoms with Gasteiger partial charge in [-0.25, -0.2) is 4.98 Å². The standard InChI is InChI=1S/C20H26N6S.HI/c1-16-5-3-9-26-15-17(23-19(16)26)7-8-22-20(21-2)25-12-10-24(11-13-25)18-6-4-14-27-18;/h3-6,9,14-15H,7-8,10-13H2,1-2H3,(H,21,22);1H. The Balaban J connectivity index is 0.00000225. The maximum atomic E-state index is 4.75. The van der Waals surface area contributed by atoms with Crippen molar-refractivity contribution in [1.82, 2.24) is 19.6 Å². The molecule has 0 atom stereocenters. The fraction of sp³-hybridized carbons (Fsp3) is 0.400. The molecule has 6 nitrogen and oxygen atoms in total. The van der Waals surface area contributed by atoms with Crippen LogP contribution in [0.2, 0.25) is 0 Å². The Morgan fingerprint density at radius 3 is 2.71 bits per heavy atom. The third kappa shape index (κ3) is 4.60. The van der Waals surface area contributed by atoms with Gasteiger partial charge in [0.05, 0.1) is 10.7 Å². The average Bonchev–Trinajstić information content (AvgIpc) is 3.36. The SMILES string of the molecule is CN=C(NCCc1cn2cccc(C)c2n1)N1CCN(c2cccs2)CC1.I. The molecular formula is C20H27IN6S. The number of imidazole rings is 1. The van der Waals surface area contributed by atoms with Crippen molar-refractivity contribution in [3.63, 3.8) is 0 Å². The van der Waals surface area contributed by atoms with E-state index in [4.69, 9.17) is 4.98 Å². The smallest absolute Gasteiger partial charge is 0.193 e. The highest BCUT2D eigenvalue weighted by Gasteiger charge is 2.20. The normalized spacial score (nSPS) is 15.0. The molecule has 0 aliphatic carbocycles. The van der Waals surface area contributed by atoms with Crippen LogP contribution in [0.15, 0.2) is 47.0 Å². The van der Waals surface area contributed by atoms with Crippen molar-refractivity contribution in [2.24, 2.45) is 4.99 Å². The van der Waals surface area contributed by atoms with Crippen molar-refractivity contribution < 1.29 is 0 Å². The summed E-state index contributed by atoms with van der Waals surface area (Å²) < 4.78 is 2.10. The molecular weight excluding hydrogens is 483 g/mol. The lowest BCUT2D eigenvalue weighted by Gasteiger charge is -2.37. The van der Waals surface area contributed by atoms with Gasteiger partial charge < -0.3 is 19.5 Å². The lowest BCUT2D eigenvalue weighted by molar-refractivity contribution is 0.373. The zero-order valence-electron chi connectivity index (χ0n) is 16.3. The van der Waals surface area contributed by atoms with E-state index in [1.165, 1.54) is 10.6 Å². The number of piperazine rings is 1. The number of anilines is 1. The molecule has 4 rings (SSSR count). The minimum absolute atomic E-state index is 0. The number of fused-ring (bicyclic) bond motifs is 1. The van der Waals surface area contributed by atoms with Crippen LogP contribution in [0.5, 0.6) is 0 Å². The third-order valence-electron chi connectivity index (χ3n) is 5.00. The van der Waals surface area contributed by atoms with Gasteiger partial charge in [-0.2, -0.15) is 0 Å². The number of hydrogen-bond acceptors (Lipinski definition) is 4. The van der Waals surface area contributed by atoms with Crippen LogP contribution in [0.4, 0.5) is 5.00 Å². The summed E-state index contributed by atoms with van der Waals surface area (Å²) in [4.78, 5) is 14.0. The van der Waals surface area contributed by atoms with E-state index in [9.17, 15) is 0 Å². The molecule has 0 bridgehead atoms. The Morgan fingerprint density at radius 1 is 1.21 bits per heavy atom. The maximum absolute atomic E-state index is 4.75. The first-order valence-electron chi connectivity index (χ1n) is 9.42. The van der Waals surface area contributed by atoms with Gasteiger partial charge >= 0.3 is 0 Å². The molecule has 0 amide bonds. The summed E-state index contributed by atoms with van der Waals surface area (Å²) in [5, 5.41) is 7.01. The highest BCUT2D eigenvalue weighted by atomic mass is 127. The Hall–Kier alpha value is -1.81. The van der Waals surface area contributed by atoms with Gasteiger partial charge in [0.15, 0.2) is 5.96 Å². The molecule has 3 aromatic rings. The van der Waals surface area contributed by atoms with Crippen LogP contribution in [-0.4, -0.2) is 60.0 Å². The molecule has 1 aliphatic heterocycles. The highest BCUT2D eigenvalue weighted by molar-refractivity contribution is 14.0. The number of guanidine groups is 1. The minimum atomic E-state index is 0. The number of aromatic nitrogens is 2. The van der Waals surface area contributed by atoms with E-state index < -0.39 is 0 Å². The van der Waals surface area contributed by atoms with Crippen molar-refractivity contribution in [2.75, 3.05) is 44.7 Å². The first-order chi connectivity index (χ1) is 13.2. The van der Waals surface area contributed by atoms with Gasteiger partial charge in [0.1, 0.15) is 5.65 Å². The van der Waals surface area contributed by atoms with Gasteiger partial charge in [0, 0.05) is 58.6 Å². The first-order valence-corrected chi connectivity index (χ1v) is 10.3. The first kappa shape index (κ1) is 20.9. The van der Waals surface area contributed by atoms with Crippen LogP contribution in [0.25, 0.3) is 5.65 Å². The Morgan fingerprint density at radius 2 is 2.04 bits per heavy atom. The van der Waals surface area contributed by atoms with E-state index in [0.717, 1.165) is 56.4 Å². The third-order valence-corrected chi connectivity index (χ3v) is 5.93. The number of hydrogen-bond donors (Lipinski definition) is 1. The molecule has 150 valence electrons. The Labute approximate surface area is 187 Å². The molecule has 0 radical (unpaired) electrons. The zero-order chi connectivity index (χ0) is 18.6. The average molecular weight is 510 g/mol. The second kappa shape index (κ2) is 9.60. The number of nitrogens with zero attached hydrogens (tertiary/aromatic N) is 5. The summed E-state index contributed by atoms with van der Waals surface area (Å²) >= 11 is 1.81. The van der Waals surface area contributed by atoms with Gasteiger partial charge in [-0.3, -0.25) is 4.99 Å². The van der Waals surface area contributed by atoms with E-state index in [1.54, 1.807) is 0 Å². The number of aliphatic imine (C=N–C) groups is 1. The lowest BCUT2D eigenvalue weighted by Crippen LogP contribution is -2.52. The van der Waals surface area contributed by atoms with Crippen molar-refractivity contribution in [3.8, 4) is 0 Å². The van der Waals surface area contributed by atoms with Crippen molar-refractivity contribution in [3.05, 3.63) is 53.3 Å². The molecule has 1 N–H and O–H groups in total. The maximum Gasteiger partial charge on any atom is 0.193 e. The predicted octanol–water partition coefficient (Wildman–Crippen LogP) is 3.26. The summed E-state index contributed by atoms with van der Waals surface area (Å²) in [5.74, 6) is 0.987. The van der Waals surface area contributed by atoms with Crippen LogP contribution >= 0.6 is 35.3 Å². The van der Waals surface area contributed by atoms with Crippen LogP contribution in [0, 0.1) is 6.92 Å². The summed E-state index contributed by atoms with van der Waals surface area (Å²) in [6.45, 7) is 6.99. The van der Waals surface area contributed by atoms with Crippen LogP contribution < -0.4 is 10.2 Å². The summed E-state index contributed by atoms with van der Waals surface area (Å²) in [5.41, 5.74) is 3.35. The molecule has 1 aliphatic rings. The monoisotopic (exact) mass is 510 g/mol. The predicted molar refractivity (Wildman–Crippen MR) is 129 cm³/mol. The fourth-order valence-corrected chi connectivity index (χ4v) is 4.33. The zero-order valence-corrected chi connectivity index (χ0v) is 19.5. The summed E-state index contributed by atoms with van der Waals surface area (Å²) in [6, 6.07) is 8.48. The fourth-order valence-electron chi connectivity index (χ4n) is 3.55. The number of thiophene rings is 1. The number of halogens is 1. The molecule has 28 heavy (non-hydrogen) atoms. The van der Waals surface area contributed by atoms with Gasteiger partial charge in [0.2, 0.25) is 0 Å². The lowest BCUT2D eigenvalue weighted by atomic mass is 10.3. The van der Waals surface area contributed by atoms with Gasteiger partial charge in [0.25, 0.3) is 0 Å².